The molecular weight excluding hydrogens is 348 g/mol. The number of aliphatic imine (C=N–C) groups is 1. The Labute approximate surface area is 147 Å². The number of hydrogen-bond acceptors (Lipinski definition) is 6. The van der Waals surface area contributed by atoms with Crippen molar-refractivity contribution in [1.82, 2.24) is 0 Å². The zero-order valence-corrected chi connectivity index (χ0v) is 15.9. The van der Waals surface area contributed by atoms with E-state index < -0.39 is 10.0 Å². The standard InChI is InChI=1S/C16H22N2O4S2/c1-5-6-11-16(17-10(2)3)23-15-8-14-13(21-9-22-14)7-12(15)18(11)24(4,19)20/h7-8,10-11H,5-6,9H2,1-4H3. The number of thioether (sulfide) groups is 1. The molecular formula is C16H22N2O4S2. The first-order valence-corrected chi connectivity index (χ1v) is 10.7. The van der Waals surface area contributed by atoms with E-state index in [4.69, 9.17) is 14.5 Å². The summed E-state index contributed by atoms with van der Waals surface area (Å²) in [6.45, 7) is 6.20. The molecule has 6 nitrogen and oxygen atoms in total. The number of hydrogen-bond donors (Lipinski definition) is 0. The van der Waals surface area contributed by atoms with Crippen molar-refractivity contribution in [3.05, 3.63) is 12.1 Å². The molecule has 24 heavy (non-hydrogen) atoms. The Bertz CT molecular complexity index is 775. The topological polar surface area (TPSA) is 68.2 Å². The summed E-state index contributed by atoms with van der Waals surface area (Å²) in [5.74, 6) is 1.23. The van der Waals surface area contributed by atoms with Crippen LogP contribution >= 0.6 is 11.8 Å². The maximum absolute atomic E-state index is 12.6. The first kappa shape index (κ1) is 17.4. The molecule has 0 spiro atoms. The van der Waals surface area contributed by atoms with Crippen molar-refractivity contribution in [2.45, 2.75) is 50.6 Å². The second-order valence-electron chi connectivity index (χ2n) is 6.20. The maximum Gasteiger partial charge on any atom is 0.232 e. The molecule has 132 valence electrons. The molecule has 2 heterocycles. The lowest BCUT2D eigenvalue weighted by molar-refractivity contribution is 0.174. The lowest BCUT2D eigenvalue weighted by Crippen LogP contribution is -2.46. The molecule has 0 amide bonds. The van der Waals surface area contributed by atoms with Gasteiger partial charge in [0.15, 0.2) is 11.5 Å². The second-order valence-corrected chi connectivity index (χ2v) is 9.12. The van der Waals surface area contributed by atoms with Crippen molar-refractivity contribution in [2.75, 3.05) is 17.4 Å². The number of fused-ring (bicyclic) bond motifs is 2. The zero-order chi connectivity index (χ0) is 17.5. The summed E-state index contributed by atoms with van der Waals surface area (Å²) in [7, 11) is -3.45. The van der Waals surface area contributed by atoms with Gasteiger partial charge in [0.2, 0.25) is 16.8 Å². The van der Waals surface area contributed by atoms with Crippen LogP contribution in [0.1, 0.15) is 33.6 Å². The third-order valence-corrected chi connectivity index (χ3v) is 6.08. The van der Waals surface area contributed by atoms with E-state index in [-0.39, 0.29) is 18.9 Å². The highest BCUT2D eigenvalue weighted by Crippen LogP contribution is 2.48. The first-order valence-electron chi connectivity index (χ1n) is 8.00. The van der Waals surface area contributed by atoms with Gasteiger partial charge < -0.3 is 9.47 Å². The summed E-state index contributed by atoms with van der Waals surface area (Å²) in [6.07, 6.45) is 2.83. The van der Waals surface area contributed by atoms with Crippen LogP contribution in [-0.4, -0.2) is 38.6 Å². The predicted molar refractivity (Wildman–Crippen MR) is 97.0 cm³/mol. The van der Waals surface area contributed by atoms with Crippen LogP contribution in [-0.2, 0) is 10.0 Å². The molecule has 1 aromatic rings. The van der Waals surface area contributed by atoms with Crippen LogP contribution in [0.3, 0.4) is 0 Å². The fourth-order valence-electron chi connectivity index (χ4n) is 2.91. The highest BCUT2D eigenvalue weighted by molar-refractivity contribution is 8.14. The molecule has 0 radical (unpaired) electrons. The average molecular weight is 370 g/mol. The lowest BCUT2D eigenvalue weighted by atomic mass is 10.1. The van der Waals surface area contributed by atoms with Crippen molar-refractivity contribution in [1.29, 1.82) is 0 Å². The normalized spacial score (nSPS) is 21.5. The minimum absolute atomic E-state index is 0.101. The SMILES string of the molecule is CCCC1C(=NC(C)C)Sc2cc3c(cc2N1S(C)(=O)=O)OCO3. The van der Waals surface area contributed by atoms with E-state index in [2.05, 4.69) is 0 Å². The van der Waals surface area contributed by atoms with Gasteiger partial charge in [-0.1, -0.05) is 25.1 Å². The monoisotopic (exact) mass is 370 g/mol. The van der Waals surface area contributed by atoms with E-state index in [1.807, 2.05) is 26.8 Å². The molecule has 0 saturated carbocycles. The third-order valence-electron chi connectivity index (χ3n) is 3.78. The van der Waals surface area contributed by atoms with E-state index in [1.165, 1.54) is 22.3 Å². The lowest BCUT2D eigenvalue weighted by Gasteiger charge is -2.37. The molecule has 2 aliphatic heterocycles. The van der Waals surface area contributed by atoms with Gasteiger partial charge in [0, 0.05) is 23.1 Å². The Kier molecular flexibility index (Phi) is 4.70. The smallest absolute Gasteiger partial charge is 0.232 e. The summed E-state index contributed by atoms with van der Waals surface area (Å²) in [5.41, 5.74) is 0.646. The van der Waals surface area contributed by atoms with Crippen LogP contribution in [0, 0.1) is 0 Å². The molecule has 0 N–H and O–H groups in total. The third kappa shape index (κ3) is 3.21. The van der Waals surface area contributed by atoms with Gasteiger partial charge in [0.25, 0.3) is 0 Å². The zero-order valence-electron chi connectivity index (χ0n) is 14.3. The van der Waals surface area contributed by atoms with Gasteiger partial charge in [-0.3, -0.25) is 9.30 Å². The fraction of sp³-hybridized carbons (Fsp3) is 0.562. The molecule has 1 atom stereocenters. The Hall–Kier alpha value is -1.41. The van der Waals surface area contributed by atoms with E-state index in [0.717, 1.165) is 22.8 Å². The largest absolute Gasteiger partial charge is 0.454 e. The minimum atomic E-state index is -3.45. The van der Waals surface area contributed by atoms with Crippen molar-refractivity contribution in [2.24, 2.45) is 4.99 Å². The molecule has 1 unspecified atom stereocenters. The molecule has 3 rings (SSSR count). The number of benzene rings is 1. The highest BCUT2D eigenvalue weighted by Gasteiger charge is 2.38. The van der Waals surface area contributed by atoms with Crippen LogP contribution in [0.25, 0.3) is 0 Å². The average Bonchev–Trinajstić information content (AvgIpc) is 2.91. The number of sulfonamides is 1. The summed E-state index contributed by atoms with van der Waals surface area (Å²) in [4.78, 5) is 5.52. The van der Waals surface area contributed by atoms with Crippen LogP contribution in [0.5, 0.6) is 11.5 Å². The molecule has 0 fully saturated rings. The van der Waals surface area contributed by atoms with Gasteiger partial charge in [-0.05, 0) is 20.3 Å². The van der Waals surface area contributed by atoms with Gasteiger partial charge in [0.05, 0.1) is 23.0 Å². The fourth-order valence-corrected chi connectivity index (χ4v) is 5.48. The molecule has 0 aromatic heterocycles. The Morgan fingerprint density at radius 2 is 2.00 bits per heavy atom. The van der Waals surface area contributed by atoms with Crippen molar-refractivity contribution < 1.29 is 17.9 Å². The van der Waals surface area contributed by atoms with Gasteiger partial charge in [-0.15, -0.1) is 0 Å². The van der Waals surface area contributed by atoms with E-state index >= 15 is 0 Å². The van der Waals surface area contributed by atoms with E-state index in [1.54, 1.807) is 6.07 Å². The maximum atomic E-state index is 12.6. The minimum Gasteiger partial charge on any atom is -0.454 e. The molecule has 2 aliphatic rings. The van der Waals surface area contributed by atoms with Crippen molar-refractivity contribution in [3.8, 4) is 11.5 Å². The van der Waals surface area contributed by atoms with Crippen LogP contribution in [0.4, 0.5) is 5.69 Å². The highest BCUT2D eigenvalue weighted by atomic mass is 32.2. The quantitative estimate of drug-likeness (QED) is 0.814. The first-order chi connectivity index (χ1) is 11.3. The molecule has 0 aliphatic carbocycles. The summed E-state index contributed by atoms with van der Waals surface area (Å²) < 4.78 is 37.5. The number of nitrogens with zero attached hydrogens (tertiary/aromatic N) is 2. The molecule has 0 saturated heterocycles. The van der Waals surface area contributed by atoms with Crippen molar-refractivity contribution in [3.63, 3.8) is 0 Å². The van der Waals surface area contributed by atoms with Crippen LogP contribution in [0.15, 0.2) is 22.0 Å². The molecule has 8 heteroatoms. The number of ether oxygens (including phenoxy) is 2. The van der Waals surface area contributed by atoms with Gasteiger partial charge in [0.1, 0.15) is 0 Å². The summed E-state index contributed by atoms with van der Waals surface area (Å²) in [5, 5.41) is 0.837. The Morgan fingerprint density at radius 1 is 1.33 bits per heavy atom. The Balaban J connectivity index is 2.19. The summed E-state index contributed by atoms with van der Waals surface area (Å²) >= 11 is 1.53. The molecule has 1 aromatic carbocycles. The van der Waals surface area contributed by atoms with E-state index in [0.29, 0.717) is 17.2 Å². The number of anilines is 1. The molecule has 0 bridgehead atoms. The van der Waals surface area contributed by atoms with Crippen molar-refractivity contribution >= 4 is 32.5 Å². The predicted octanol–water partition coefficient (Wildman–Crippen LogP) is 3.26. The van der Waals surface area contributed by atoms with Crippen LogP contribution < -0.4 is 13.8 Å². The second kappa shape index (κ2) is 6.48. The van der Waals surface area contributed by atoms with E-state index in [9.17, 15) is 8.42 Å². The van der Waals surface area contributed by atoms with Crippen LogP contribution in [0.2, 0.25) is 0 Å². The van der Waals surface area contributed by atoms with Gasteiger partial charge in [-0.2, -0.15) is 0 Å². The Morgan fingerprint density at radius 3 is 2.58 bits per heavy atom. The summed E-state index contributed by atoms with van der Waals surface area (Å²) in [6, 6.07) is 3.44. The van der Waals surface area contributed by atoms with Gasteiger partial charge in [-0.25, -0.2) is 8.42 Å². The number of rotatable bonds is 4. The van der Waals surface area contributed by atoms with Gasteiger partial charge >= 0.3 is 0 Å².